The van der Waals surface area contributed by atoms with Crippen molar-refractivity contribution in [3.63, 3.8) is 0 Å². The molecule has 214 valence electrons. The molecule has 4 rings (SSSR count). The molecule has 1 aromatic rings. The number of hydrogen-bond donors (Lipinski definition) is 2. The van der Waals surface area contributed by atoms with Gasteiger partial charge in [0, 0.05) is 53.6 Å². The summed E-state index contributed by atoms with van der Waals surface area (Å²) >= 11 is 0. The predicted molar refractivity (Wildman–Crippen MR) is 153 cm³/mol. The molecule has 1 aromatic heterocycles. The van der Waals surface area contributed by atoms with Crippen molar-refractivity contribution in [3.05, 3.63) is 64.3 Å². The molecule has 0 amide bonds. The molecule has 0 radical (unpaired) electrons. The summed E-state index contributed by atoms with van der Waals surface area (Å²) in [6, 6.07) is 1.23. The Morgan fingerprint density at radius 1 is 1.31 bits per heavy atom. The summed E-state index contributed by atoms with van der Waals surface area (Å²) in [6.07, 6.45) is 12.0. The van der Waals surface area contributed by atoms with Gasteiger partial charge in [0.05, 0.1) is 7.11 Å². The molecule has 7 heteroatoms. The Balaban J connectivity index is 1.28. The van der Waals surface area contributed by atoms with Crippen LogP contribution in [0.15, 0.2) is 47.5 Å². The van der Waals surface area contributed by atoms with Crippen molar-refractivity contribution in [1.82, 2.24) is 15.2 Å². The van der Waals surface area contributed by atoms with Gasteiger partial charge in [-0.1, -0.05) is 31.1 Å². The van der Waals surface area contributed by atoms with Crippen LogP contribution in [-0.2, 0) is 9.53 Å². The number of carboxylic acid groups (broad SMARTS) is 1. The summed E-state index contributed by atoms with van der Waals surface area (Å²) in [6.45, 7) is 10.3. The number of halogens is 1. The highest BCUT2D eigenvalue weighted by molar-refractivity contribution is 5.76. The van der Waals surface area contributed by atoms with Crippen LogP contribution in [-0.4, -0.2) is 53.9 Å². The number of aliphatic carboxylic acids is 1. The average molecular weight is 540 g/mol. The molecule has 1 saturated heterocycles. The zero-order valence-electron chi connectivity index (χ0n) is 24.0. The summed E-state index contributed by atoms with van der Waals surface area (Å²) < 4.78 is 21.0. The molecule has 1 aliphatic carbocycles. The second-order valence-corrected chi connectivity index (χ2v) is 11.7. The van der Waals surface area contributed by atoms with Gasteiger partial charge in [-0.25, -0.2) is 4.39 Å². The van der Waals surface area contributed by atoms with Gasteiger partial charge in [0.1, 0.15) is 18.0 Å². The number of ether oxygens (including phenoxy) is 1. The fourth-order valence-electron chi connectivity index (χ4n) is 6.27. The van der Waals surface area contributed by atoms with E-state index in [-0.39, 0.29) is 5.92 Å². The van der Waals surface area contributed by atoms with Crippen LogP contribution in [0.3, 0.4) is 0 Å². The van der Waals surface area contributed by atoms with Crippen LogP contribution >= 0.6 is 0 Å². The maximum Gasteiger partial charge on any atom is 0.325 e. The van der Waals surface area contributed by atoms with E-state index in [4.69, 9.17) is 4.74 Å². The SMILES string of the molecule is C=C(/C=C(/OC)C1=C(C)NCCC1)CCCCC(F)[C@@H]1CCN(C(C(=O)O)c2cc(C)cnc2C2CCC2)C1. The number of alkyl halides is 1. The zero-order valence-corrected chi connectivity index (χ0v) is 24.0. The third kappa shape index (κ3) is 7.30. The number of unbranched alkanes of at least 4 members (excludes halogenated alkanes) is 1. The minimum atomic E-state index is -0.925. The van der Waals surface area contributed by atoms with Crippen LogP contribution in [0.2, 0.25) is 0 Å². The molecule has 6 nitrogen and oxygen atoms in total. The van der Waals surface area contributed by atoms with E-state index in [1.807, 2.05) is 30.2 Å². The van der Waals surface area contributed by atoms with Gasteiger partial charge in [0.15, 0.2) is 0 Å². The molecule has 0 aromatic carbocycles. The highest BCUT2D eigenvalue weighted by atomic mass is 19.1. The number of nitrogens with zero attached hydrogens (tertiary/aromatic N) is 2. The second-order valence-electron chi connectivity index (χ2n) is 11.7. The first-order valence-electron chi connectivity index (χ1n) is 14.7. The third-order valence-corrected chi connectivity index (χ3v) is 8.77. The van der Waals surface area contributed by atoms with E-state index in [2.05, 4.69) is 23.8 Å². The molecule has 3 atom stereocenters. The van der Waals surface area contributed by atoms with Crippen molar-refractivity contribution in [1.29, 1.82) is 0 Å². The molecule has 0 spiro atoms. The largest absolute Gasteiger partial charge is 0.496 e. The van der Waals surface area contributed by atoms with Crippen LogP contribution < -0.4 is 5.32 Å². The number of aromatic nitrogens is 1. The van der Waals surface area contributed by atoms with E-state index < -0.39 is 18.2 Å². The summed E-state index contributed by atoms with van der Waals surface area (Å²) in [5.74, 6) is 0.223. The fraction of sp³-hybridized carbons (Fsp3) is 0.625. The highest BCUT2D eigenvalue weighted by Crippen LogP contribution is 2.41. The number of carbonyl (C=O) groups is 1. The zero-order chi connectivity index (χ0) is 27.9. The van der Waals surface area contributed by atoms with Gasteiger partial charge >= 0.3 is 5.97 Å². The molecule has 39 heavy (non-hydrogen) atoms. The summed E-state index contributed by atoms with van der Waals surface area (Å²) in [5, 5.41) is 13.6. The van der Waals surface area contributed by atoms with E-state index in [1.165, 1.54) is 12.0 Å². The van der Waals surface area contributed by atoms with Crippen molar-refractivity contribution >= 4 is 5.97 Å². The number of nitrogens with one attached hydrogen (secondary N) is 1. The molecule has 2 N–H and O–H groups in total. The second kappa shape index (κ2) is 13.6. The number of rotatable bonds is 13. The number of methoxy groups -OCH3 is 1. The van der Waals surface area contributed by atoms with Gasteiger partial charge in [-0.15, -0.1) is 0 Å². The van der Waals surface area contributed by atoms with Crippen LogP contribution in [0.4, 0.5) is 4.39 Å². The van der Waals surface area contributed by atoms with Gasteiger partial charge in [-0.2, -0.15) is 0 Å². The Hall–Kier alpha value is -2.67. The van der Waals surface area contributed by atoms with Crippen LogP contribution in [0.25, 0.3) is 0 Å². The van der Waals surface area contributed by atoms with E-state index in [1.54, 1.807) is 7.11 Å². The molecule has 2 aliphatic heterocycles. The topological polar surface area (TPSA) is 74.7 Å². The maximum atomic E-state index is 15.3. The van der Waals surface area contributed by atoms with Crippen molar-refractivity contribution in [2.75, 3.05) is 26.7 Å². The standard InChI is InChI=1S/C32H46FN3O3/c1-21(18-29(39-4)26-12-8-15-34-23(26)3)9-5-6-13-28(33)25-14-16-36(20-25)31(32(37)38)27-17-22(2)19-35-30(27)24-10-7-11-24/h17-19,24-25,28,31,34H,1,5-16,20H2,2-4H3,(H,37,38)/b29-18+/t25-,28?,31?/m1/s1. The molecule has 1 saturated carbocycles. The van der Waals surface area contributed by atoms with Gasteiger partial charge in [-0.3, -0.25) is 14.7 Å². The fourth-order valence-corrected chi connectivity index (χ4v) is 6.27. The first-order chi connectivity index (χ1) is 18.8. The van der Waals surface area contributed by atoms with Crippen LogP contribution in [0.1, 0.15) is 99.9 Å². The number of hydrogen-bond acceptors (Lipinski definition) is 5. The van der Waals surface area contributed by atoms with E-state index in [9.17, 15) is 9.90 Å². The van der Waals surface area contributed by atoms with Gasteiger partial charge in [0.25, 0.3) is 0 Å². The molecule has 3 aliphatic rings. The van der Waals surface area contributed by atoms with Crippen molar-refractivity contribution < 1.29 is 19.0 Å². The average Bonchev–Trinajstić information content (AvgIpc) is 3.35. The highest BCUT2D eigenvalue weighted by Gasteiger charge is 2.39. The minimum Gasteiger partial charge on any atom is -0.496 e. The molecule has 0 bridgehead atoms. The normalized spacial score (nSPS) is 22.3. The van der Waals surface area contributed by atoms with Gasteiger partial charge < -0.3 is 15.2 Å². The number of aryl methyl sites for hydroxylation is 1. The van der Waals surface area contributed by atoms with E-state index >= 15 is 4.39 Å². The first kappa shape index (κ1) is 29.3. The first-order valence-corrected chi connectivity index (χ1v) is 14.7. The van der Waals surface area contributed by atoms with Crippen LogP contribution in [0, 0.1) is 12.8 Å². The number of carboxylic acids is 1. The number of likely N-dealkylation sites (tertiary alicyclic amines) is 1. The Morgan fingerprint density at radius 2 is 2.10 bits per heavy atom. The maximum absolute atomic E-state index is 15.3. The Labute approximate surface area is 233 Å². The van der Waals surface area contributed by atoms with Crippen molar-refractivity contribution in [3.8, 4) is 0 Å². The van der Waals surface area contributed by atoms with Gasteiger partial charge in [-0.05, 0) is 83.4 Å². The molecular formula is C32H46FN3O3. The number of allylic oxidation sites excluding steroid dienone is 4. The van der Waals surface area contributed by atoms with E-state index in [0.29, 0.717) is 31.8 Å². The lowest BCUT2D eigenvalue weighted by atomic mass is 9.79. The summed E-state index contributed by atoms with van der Waals surface area (Å²) in [5.41, 5.74) is 6.07. The predicted octanol–water partition coefficient (Wildman–Crippen LogP) is 6.75. The molecular weight excluding hydrogens is 493 g/mol. The number of pyridine rings is 1. The Kier molecular flexibility index (Phi) is 10.2. The molecule has 2 unspecified atom stereocenters. The lowest BCUT2D eigenvalue weighted by Crippen LogP contribution is -2.35. The quantitative estimate of drug-likeness (QED) is 0.164. The monoisotopic (exact) mass is 539 g/mol. The Morgan fingerprint density at radius 3 is 2.77 bits per heavy atom. The molecule has 3 heterocycles. The van der Waals surface area contributed by atoms with E-state index in [0.717, 1.165) is 85.3 Å². The third-order valence-electron chi connectivity index (χ3n) is 8.77. The smallest absolute Gasteiger partial charge is 0.325 e. The summed E-state index contributed by atoms with van der Waals surface area (Å²) in [7, 11) is 1.70. The molecule has 2 fully saturated rings. The summed E-state index contributed by atoms with van der Waals surface area (Å²) in [4.78, 5) is 19.1. The van der Waals surface area contributed by atoms with Crippen molar-refractivity contribution in [2.24, 2.45) is 5.92 Å². The van der Waals surface area contributed by atoms with Crippen molar-refractivity contribution in [2.45, 2.75) is 96.2 Å². The lowest BCUT2D eigenvalue weighted by molar-refractivity contribution is -0.143. The minimum absolute atomic E-state index is 0.131. The Bertz CT molecular complexity index is 1090. The lowest BCUT2D eigenvalue weighted by Gasteiger charge is -2.31. The van der Waals surface area contributed by atoms with Gasteiger partial charge in [0.2, 0.25) is 0 Å². The van der Waals surface area contributed by atoms with Crippen LogP contribution in [0.5, 0.6) is 0 Å².